The fraction of sp³-hybridized carbons (Fsp3) is 0.0833. The highest BCUT2D eigenvalue weighted by Gasteiger charge is 1.91. The lowest BCUT2D eigenvalue weighted by atomic mass is 10.3. The second-order valence-electron chi connectivity index (χ2n) is 3.15. The van der Waals surface area contributed by atoms with Crippen LogP contribution in [0.25, 0.3) is 0 Å². The molecule has 0 amide bonds. The maximum Gasteiger partial charge on any atom is 0.212 e. The summed E-state index contributed by atoms with van der Waals surface area (Å²) in [7, 11) is 1.53. The molecule has 0 saturated heterocycles. The van der Waals surface area contributed by atoms with E-state index in [1.807, 2.05) is 6.07 Å². The molecule has 94 valence electrons. The van der Waals surface area contributed by atoms with E-state index < -0.39 is 0 Å². The van der Waals surface area contributed by atoms with Crippen LogP contribution in [-0.4, -0.2) is 23.4 Å². The molecule has 0 aromatic carbocycles. The molecule has 0 spiro atoms. The van der Waals surface area contributed by atoms with E-state index in [4.69, 9.17) is 10.5 Å². The lowest BCUT2D eigenvalue weighted by molar-refractivity contribution is 0.112. The van der Waals surface area contributed by atoms with E-state index in [1.165, 1.54) is 13.3 Å². The van der Waals surface area contributed by atoms with Crippen molar-refractivity contribution in [2.24, 2.45) is 0 Å². The number of anilines is 1. The molecule has 5 nitrogen and oxygen atoms in total. The van der Waals surface area contributed by atoms with E-state index in [-0.39, 0.29) is 0 Å². The Morgan fingerprint density at radius 2 is 2.00 bits per heavy atom. The Labute approximate surface area is 113 Å². The third-order valence-corrected chi connectivity index (χ3v) is 2.32. The Morgan fingerprint density at radius 1 is 1.22 bits per heavy atom. The number of nitrogens with two attached hydrogens (primary N) is 1. The van der Waals surface area contributed by atoms with Gasteiger partial charge in [-0.05, 0) is 34.1 Å². The number of ether oxygens (including phenoxy) is 1. The first-order chi connectivity index (χ1) is 8.65. The largest absolute Gasteiger partial charge is 0.481 e. The second-order valence-corrected chi connectivity index (χ2v) is 4.07. The van der Waals surface area contributed by atoms with Crippen LogP contribution >= 0.6 is 15.9 Å². The Hall–Kier alpha value is -1.95. The van der Waals surface area contributed by atoms with Crippen LogP contribution in [0.15, 0.2) is 41.1 Å². The van der Waals surface area contributed by atoms with Crippen molar-refractivity contribution >= 4 is 28.0 Å². The van der Waals surface area contributed by atoms with Crippen LogP contribution in [0.5, 0.6) is 5.88 Å². The Kier molecular flexibility index (Phi) is 5.79. The number of aromatic nitrogens is 2. The summed E-state index contributed by atoms with van der Waals surface area (Å²) < 4.78 is 5.74. The van der Waals surface area contributed by atoms with E-state index in [1.54, 1.807) is 24.4 Å². The van der Waals surface area contributed by atoms with E-state index in [9.17, 15) is 4.79 Å². The molecule has 0 bridgehead atoms. The molecular formula is C12H12BrN3O2. The van der Waals surface area contributed by atoms with Gasteiger partial charge in [0.05, 0.1) is 7.11 Å². The van der Waals surface area contributed by atoms with Gasteiger partial charge in [0.15, 0.2) is 6.29 Å². The fourth-order valence-electron chi connectivity index (χ4n) is 0.969. The van der Waals surface area contributed by atoms with E-state index in [2.05, 4.69) is 25.9 Å². The van der Waals surface area contributed by atoms with Crippen molar-refractivity contribution in [2.45, 2.75) is 0 Å². The number of carbonyl (C=O) groups is 1. The summed E-state index contributed by atoms with van der Waals surface area (Å²) in [5.74, 6) is 1.07. The number of nitrogens with zero attached hydrogens (tertiary/aromatic N) is 2. The normalized spacial score (nSPS) is 9.00. The van der Waals surface area contributed by atoms with Crippen molar-refractivity contribution in [1.29, 1.82) is 0 Å². The summed E-state index contributed by atoms with van der Waals surface area (Å²) in [4.78, 5) is 17.7. The van der Waals surface area contributed by atoms with Crippen molar-refractivity contribution in [2.75, 3.05) is 12.8 Å². The van der Waals surface area contributed by atoms with Crippen LogP contribution < -0.4 is 10.5 Å². The topological polar surface area (TPSA) is 78.1 Å². The average molecular weight is 310 g/mol. The molecule has 2 heterocycles. The fourth-order valence-corrected chi connectivity index (χ4v) is 1.20. The third-order valence-electron chi connectivity index (χ3n) is 1.85. The van der Waals surface area contributed by atoms with Crippen molar-refractivity contribution < 1.29 is 9.53 Å². The van der Waals surface area contributed by atoms with Crippen LogP contribution in [0.3, 0.4) is 0 Å². The van der Waals surface area contributed by atoms with Gasteiger partial charge < -0.3 is 10.5 Å². The molecule has 0 saturated carbocycles. The highest BCUT2D eigenvalue weighted by Crippen LogP contribution is 2.07. The summed E-state index contributed by atoms with van der Waals surface area (Å²) in [6, 6.07) is 6.88. The van der Waals surface area contributed by atoms with Crippen LogP contribution in [0, 0.1) is 0 Å². The maximum atomic E-state index is 10.1. The van der Waals surface area contributed by atoms with Crippen LogP contribution in [0.4, 0.5) is 5.82 Å². The number of rotatable bonds is 2. The first kappa shape index (κ1) is 14.1. The van der Waals surface area contributed by atoms with Crippen LogP contribution in [-0.2, 0) is 0 Å². The minimum Gasteiger partial charge on any atom is -0.481 e. The van der Waals surface area contributed by atoms with Gasteiger partial charge in [-0.15, -0.1) is 0 Å². The highest BCUT2D eigenvalue weighted by molar-refractivity contribution is 9.10. The van der Waals surface area contributed by atoms with Gasteiger partial charge in [-0.25, -0.2) is 9.97 Å². The van der Waals surface area contributed by atoms with Crippen LogP contribution in [0.2, 0.25) is 0 Å². The number of aldehydes is 1. The first-order valence-electron chi connectivity index (χ1n) is 4.98. The predicted molar refractivity (Wildman–Crippen MR) is 72.5 cm³/mol. The molecule has 0 fully saturated rings. The van der Waals surface area contributed by atoms with Crippen LogP contribution in [0.1, 0.15) is 10.4 Å². The predicted octanol–water partition coefficient (Wildman–Crippen LogP) is 2.33. The Bertz CT molecular complexity index is 465. The monoisotopic (exact) mass is 309 g/mol. The van der Waals surface area contributed by atoms with Gasteiger partial charge in [0.1, 0.15) is 5.82 Å². The lowest BCUT2D eigenvalue weighted by Crippen LogP contribution is -1.87. The molecule has 0 aliphatic rings. The van der Waals surface area contributed by atoms with Gasteiger partial charge in [0.25, 0.3) is 0 Å². The van der Waals surface area contributed by atoms with E-state index >= 15 is 0 Å². The smallest absolute Gasteiger partial charge is 0.212 e. The summed E-state index contributed by atoms with van der Waals surface area (Å²) in [6.45, 7) is 0. The average Bonchev–Trinajstić information content (AvgIpc) is 2.43. The maximum absolute atomic E-state index is 10.1. The van der Waals surface area contributed by atoms with Gasteiger partial charge >= 0.3 is 0 Å². The summed E-state index contributed by atoms with van der Waals surface area (Å²) >= 11 is 3.23. The second kappa shape index (κ2) is 7.39. The number of halogens is 1. The molecule has 2 rings (SSSR count). The molecule has 18 heavy (non-hydrogen) atoms. The van der Waals surface area contributed by atoms with Gasteiger partial charge in [0, 0.05) is 28.5 Å². The van der Waals surface area contributed by atoms with Crippen molar-refractivity contribution in [1.82, 2.24) is 9.97 Å². The number of hydrogen-bond donors (Lipinski definition) is 1. The zero-order valence-corrected chi connectivity index (χ0v) is 11.3. The number of methoxy groups -OCH3 is 1. The number of pyridine rings is 2. The van der Waals surface area contributed by atoms with Gasteiger partial charge in [-0.3, -0.25) is 4.79 Å². The summed E-state index contributed by atoms with van der Waals surface area (Å²) in [5, 5.41) is 0. The highest BCUT2D eigenvalue weighted by atomic mass is 79.9. The lowest BCUT2D eigenvalue weighted by Gasteiger charge is -1.95. The van der Waals surface area contributed by atoms with Crippen molar-refractivity contribution in [3.05, 3.63) is 46.7 Å². The minimum absolute atomic E-state index is 0.519. The molecule has 6 heteroatoms. The quantitative estimate of drug-likeness (QED) is 0.861. The first-order valence-corrected chi connectivity index (χ1v) is 5.77. The number of hydrogen-bond acceptors (Lipinski definition) is 5. The summed E-state index contributed by atoms with van der Waals surface area (Å²) in [6.07, 6.45) is 3.87. The standard InChI is InChI=1S/C7H7NO2.C5H5BrN2/c1-10-7-3-2-6(5-9)4-8-7;6-4-1-2-5(7)8-3-4/h2-5H,1H3;1-3H,(H2,7,8). The molecule has 0 radical (unpaired) electrons. The zero-order valence-electron chi connectivity index (χ0n) is 9.71. The Balaban J connectivity index is 0.000000184. The Morgan fingerprint density at radius 3 is 2.39 bits per heavy atom. The number of carbonyl (C=O) groups excluding carboxylic acids is 1. The number of nitrogen functional groups attached to an aromatic ring is 1. The van der Waals surface area contributed by atoms with E-state index in [0.29, 0.717) is 17.3 Å². The van der Waals surface area contributed by atoms with Gasteiger partial charge in [-0.2, -0.15) is 0 Å². The molecular weight excluding hydrogens is 298 g/mol. The van der Waals surface area contributed by atoms with Crippen molar-refractivity contribution in [3.63, 3.8) is 0 Å². The molecule has 2 aromatic rings. The third kappa shape index (κ3) is 4.92. The van der Waals surface area contributed by atoms with Gasteiger partial charge in [-0.1, -0.05) is 0 Å². The molecule has 2 aromatic heterocycles. The molecule has 0 aliphatic heterocycles. The minimum atomic E-state index is 0.519. The molecule has 0 atom stereocenters. The zero-order chi connectivity index (χ0) is 13.4. The van der Waals surface area contributed by atoms with Gasteiger partial charge in [0.2, 0.25) is 5.88 Å². The summed E-state index contributed by atoms with van der Waals surface area (Å²) in [5.41, 5.74) is 5.85. The van der Waals surface area contributed by atoms with Crippen molar-refractivity contribution in [3.8, 4) is 5.88 Å². The molecule has 0 aliphatic carbocycles. The van der Waals surface area contributed by atoms with E-state index in [0.717, 1.165) is 10.8 Å². The molecule has 2 N–H and O–H groups in total. The molecule has 0 unspecified atom stereocenters. The SMILES string of the molecule is COc1ccc(C=O)cn1.Nc1ccc(Br)cn1.